The number of aromatic nitrogens is 1. The van der Waals surface area contributed by atoms with Gasteiger partial charge in [-0.25, -0.2) is 0 Å². The third-order valence-electron chi connectivity index (χ3n) is 5.22. The van der Waals surface area contributed by atoms with Crippen molar-refractivity contribution in [1.29, 1.82) is 0 Å². The highest BCUT2D eigenvalue weighted by molar-refractivity contribution is 9.10. The van der Waals surface area contributed by atoms with Crippen molar-refractivity contribution in [2.45, 2.75) is 20.8 Å². The maximum atomic E-state index is 13.2. The Kier molecular flexibility index (Phi) is 5.64. The first-order valence-corrected chi connectivity index (χ1v) is 10.9. The lowest BCUT2D eigenvalue weighted by Gasteiger charge is -2.29. The third kappa shape index (κ3) is 3.98. The highest BCUT2D eigenvalue weighted by atomic mass is 79.9. The lowest BCUT2D eigenvalue weighted by molar-refractivity contribution is -0.122. The number of anilines is 1. The Bertz CT molecular complexity index is 1260. The van der Waals surface area contributed by atoms with E-state index in [0.717, 1.165) is 32.7 Å². The molecule has 0 aliphatic carbocycles. The standard InChI is InChI=1S/C24H20BrN3O2S/c1-14-5-4-6-20(11-14)27-15(2)12-17(16(27)3)13-21-22(29)26-24(31)28(23(21)30)19-9-7-18(25)8-10-19/h4-13H,1-3H3,(H,26,29,31)/b21-13+. The second kappa shape index (κ2) is 8.24. The molecule has 5 nitrogen and oxygen atoms in total. The first-order chi connectivity index (χ1) is 14.8. The molecule has 1 aliphatic rings. The summed E-state index contributed by atoms with van der Waals surface area (Å²) in [6.07, 6.45) is 1.64. The Balaban J connectivity index is 1.76. The Morgan fingerprint density at radius 2 is 1.68 bits per heavy atom. The predicted octanol–water partition coefficient (Wildman–Crippen LogP) is 5.00. The smallest absolute Gasteiger partial charge is 0.270 e. The van der Waals surface area contributed by atoms with Crippen LogP contribution in [0.25, 0.3) is 11.8 Å². The van der Waals surface area contributed by atoms with Crippen LogP contribution in [-0.2, 0) is 9.59 Å². The van der Waals surface area contributed by atoms with Crippen molar-refractivity contribution in [1.82, 2.24) is 9.88 Å². The second-order valence-electron chi connectivity index (χ2n) is 7.44. The van der Waals surface area contributed by atoms with Gasteiger partial charge >= 0.3 is 0 Å². The van der Waals surface area contributed by atoms with E-state index in [2.05, 4.69) is 31.9 Å². The molecule has 0 spiro atoms. The third-order valence-corrected chi connectivity index (χ3v) is 6.03. The quantitative estimate of drug-likeness (QED) is 0.317. The van der Waals surface area contributed by atoms with E-state index in [1.165, 1.54) is 4.90 Å². The largest absolute Gasteiger partial charge is 0.318 e. The number of aryl methyl sites for hydroxylation is 2. The molecule has 2 aromatic carbocycles. The maximum Gasteiger partial charge on any atom is 0.270 e. The Hall–Kier alpha value is -3.03. The average Bonchev–Trinajstić information content (AvgIpc) is 2.99. The van der Waals surface area contributed by atoms with Gasteiger partial charge in [0, 0.05) is 21.5 Å². The highest BCUT2D eigenvalue weighted by Crippen LogP contribution is 2.27. The summed E-state index contributed by atoms with van der Waals surface area (Å²) in [5.74, 6) is -0.944. The van der Waals surface area contributed by atoms with Crippen LogP contribution in [0.4, 0.5) is 5.69 Å². The predicted molar refractivity (Wildman–Crippen MR) is 130 cm³/mol. The van der Waals surface area contributed by atoms with Crippen molar-refractivity contribution in [2.75, 3.05) is 4.90 Å². The summed E-state index contributed by atoms with van der Waals surface area (Å²) in [4.78, 5) is 27.2. The topological polar surface area (TPSA) is 54.3 Å². The van der Waals surface area contributed by atoms with Crippen LogP contribution in [0.1, 0.15) is 22.5 Å². The average molecular weight is 494 g/mol. The molecule has 3 aromatic rings. The van der Waals surface area contributed by atoms with Crippen LogP contribution in [0.15, 0.2) is 64.6 Å². The van der Waals surface area contributed by atoms with Crippen LogP contribution in [-0.4, -0.2) is 21.5 Å². The second-order valence-corrected chi connectivity index (χ2v) is 8.74. The minimum Gasteiger partial charge on any atom is -0.318 e. The minimum atomic E-state index is -0.497. The number of benzene rings is 2. The molecule has 2 amide bonds. The van der Waals surface area contributed by atoms with Gasteiger partial charge in [-0.05, 0) is 92.7 Å². The number of rotatable bonds is 3. The molecule has 7 heteroatoms. The Labute approximate surface area is 194 Å². The van der Waals surface area contributed by atoms with Gasteiger partial charge in [0.1, 0.15) is 5.57 Å². The number of hydrogen-bond acceptors (Lipinski definition) is 3. The molecule has 0 bridgehead atoms. The SMILES string of the molecule is Cc1cccc(-n2c(C)cc(/C=C3\C(=O)NC(=S)N(c4ccc(Br)cc4)C3=O)c2C)c1. The van der Waals surface area contributed by atoms with E-state index in [9.17, 15) is 9.59 Å². The van der Waals surface area contributed by atoms with Crippen molar-refractivity contribution < 1.29 is 9.59 Å². The van der Waals surface area contributed by atoms with Crippen LogP contribution < -0.4 is 10.2 Å². The van der Waals surface area contributed by atoms with E-state index in [0.29, 0.717) is 5.69 Å². The molecule has 1 aromatic heterocycles. The molecule has 0 saturated carbocycles. The summed E-state index contributed by atoms with van der Waals surface area (Å²) < 4.78 is 3.00. The molecular formula is C24H20BrN3O2S. The maximum absolute atomic E-state index is 13.2. The number of amides is 2. The van der Waals surface area contributed by atoms with Crippen molar-refractivity contribution in [2.24, 2.45) is 0 Å². The minimum absolute atomic E-state index is 0.0426. The van der Waals surface area contributed by atoms with Gasteiger partial charge in [-0.3, -0.25) is 19.8 Å². The van der Waals surface area contributed by atoms with E-state index in [-0.39, 0.29) is 10.7 Å². The van der Waals surface area contributed by atoms with Crippen molar-refractivity contribution in [3.8, 4) is 5.69 Å². The zero-order valence-corrected chi connectivity index (χ0v) is 19.7. The summed E-state index contributed by atoms with van der Waals surface area (Å²) in [5.41, 5.74) is 5.59. The van der Waals surface area contributed by atoms with E-state index in [1.54, 1.807) is 18.2 Å². The highest BCUT2D eigenvalue weighted by Gasteiger charge is 2.34. The zero-order chi connectivity index (χ0) is 22.3. The van der Waals surface area contributed by atoms with Crippen LogP contribution >= 0.6 is 28.1 Å². The Morgan fingerprint density at radius 3 is 2.35 bits per heavy atom. The summed E-state index contributed by atoms with van der Waals surface area (Å²) >= 11 is 8.66. The molecule has 0 unspecified atom stereocenters. The van der Waals surface area contributed by atoms with Gasteiger partial charge in [0.15, 0.2) is 5.11 Å². The fourth-order valence-corrected chi connectivity index (χ4v) is 4.28. The summed E-state index contributed by atoms with van der Waals surface area (Å²) in [6.45, 7) is 6.03. The lowest BCUT2D eigenvalue weighted by atomic mass is 10.1. The van der Waals surface area contributed by atoms with Crippen LogP contribution in [0.3, 0.4) is 0 Å². The normalized spacial score (nSPS) is 15.5. The summed E-state index contributed by atoms with van der Waals surface area (Å²) in [5, 5.41) is 2.70. The van der Waals surface area contributed by atoms with Gasteiger partial charge in [0.25, 0.3) is 11.8 Å². The summed E-state index contributed by atoms with van der Waals surface area (Å²) in [7, 11) is 0. The van der Waals surface area contributed by atoms with Gasteiger partial charge < -0.3 is 4.57 Å². The zero-order valence-electron chi connectivity index (χ0n) is 17.3. The van der Waals surface area contributed by atoms with Gasteiger partial charge in [-0.15, -0.1) is 0 Å². The molecule has 156 valence electrons. The lowest BCUT2D eigenvalue weighted by Crippen LogP contribution is -2.54. The monoisotopic (exact) mass is 493 g/mol. The molecule has 1 aliphatic heterocycles. The number of hydrogen-bond donors (Lipinski definition) is 1. The molecule has 31 heavy (non-hydrogen) atoms. The van der Waals surface area contributed by atoms with Gasteiger partial charge in [-0.1, -0.05) is 28.1 Å². The van der Waals surface area contributed by atoms with Crippen molar-refractivity contribution in [3.63, 3.8) is 0 Å². The molecular weight excluding hydrogens is 474 g/mol. The van der Waals surface area contributed by atoms with Crippen molar-refractivity contribution >= 4 is 56.8 Å². The van der Waals surface area contributed by atoms with Gasteiger partial charge in [0.2, 0.25) is 0 Å². The molecule has 1 N–H and O–H groups in total. The van der Waals surface area contributed by atoms with E-state index < -0.39 is 11.8 Å². The molecule has 0 atom stereocenters. The summed E-state index contributed by atoms with van der Waals surface area (Å²) in [6, 6.07) is 17.4. The van der Waals surface area contributed by atoms with Crippen LogP contribution in [0.2, 0.25) is 0 Å². The molecule has 1 saturated heterocycles. The number of nitrogens with zero attached hydrogens (tertiary/aromatic N) is 2. The van der Waals surface area contributed by atoms with E-state index in [4.69, 9.17) is 12.2 Å². The number of carbonyl (C=O) groups excluding carboxylic acids is 2. The fourth-order valence-electron chi connectivity index (χ4n) is 3.74. The molecule has 1 fully saturated rings. The first kappa shape index (κ1) is 21.2. The van der Waals surface area contributed by atoms with Gasteiger partial charge in [-0.2, -0.15) is 0 Å². The van der Waals surface area contributed by atoms with Crippen LogP contribution in [0, 0.1) is 20.8 Å². The van der Waals surface area contributed by atoms with E-state index in [1.807, 2.05) is 57.2 Å². The molecule has 4 rings (SSSR count). The fraction of sp³-hybridized carbons (Fsp3) is 0.125. The van der Waals surface area contributed by atoms with Gasteiger partial charge in [0.05, 0.1) is 5.69 Å². The molecule has 2 heterocycles. The molecule has 0 radical (unpaired) electrons. The first-order valence-electron chi connectivity index (χ1n) is 9.69. The Morgan fingerprint density at radius 1 is 0.968 bits per heavy atom. The number of halogens is 1. The number of carbonyl (C=O) groups is 2. The number of nitrogens with one attached hydrogen (secondary N) is 1. The van der Waals surface area contributed by atoms with E-state index >= 15 is 0 Å². The number of thiocarbonyl (C=S) groups is 1. The van der Waals surface area contributed by atoms with Crippen molar-refractivity contribution in [3.05, 3.63) is 87.2 Å². The van der Waals surface area contributed by atoms with Crippen LogP contribution in [0.5, 0.6) is 0 Å².